The van der Waals surface area contributed by atoms with Crippen LogP contribution in [-0.2, 0) is 4.74 Å². The number of H-pyrrole nitrogens is 1. The minimum atomic E-state index is -0.611. The van der Waals surface area contributed by atoms with Crippen molar-refractivity contribution in [3.8, 4) is 5.75 Å². The van der Waals surface area contributed by atoms with Gasteiger partial charge in [-0.25, -0.2) is 4.79 Å². The van der Waals surface area contributed by atoms with E-state index in [2.05, 4.69) is 4.98 Å². The smallest absolute Gasteiger partial charge is 0.343 e. The predicted octanol–water partition coefficient (Wildman–Crippen LogP) is 2.87. The van der Waals surface area contributed by atoms with Gasteiger partial charge in [-0.1, -0.05) is 6.07 Å². The molecule has 0 aliphatic carbocycles. The van der Waals surface area contributed by atoms with Gasteiger partial charge in [0.15, 0.2) is 0 Å². The fourth-order valence-corrected chi connectivity index (χ4v) is 2.50. The minimum Gasteiger partial charge on any atom is -0.497 e. The summed E-state index contributed by atoms with van der Waals surface area (Å²) in [4.78, 5) is 27.3. The lowest BCUT2D eigenvalue weighted by Gasteiger charge is -2.07. The van der Waals surface area contributed by atoms with E-state index < -0.39 is 5.97 Å². The Labute approximate surface area is 126 Å². The molecule has 1 aromatic heterocycles. The molecule has 5 nitrogen and oxygen atoms in total. The Bertz CT molecular complexity index is 927. The third-order valence-corrected chi connectivity index (χ3v) is 3.57. The highest BCUT2D eigenvalue weighted by Crippen LogP contribution is 2.26. The summed E-state index contributed by atoms with van der Waals surface area (Å²) in [5.74, 6) is 0.137. The number of ether oxygens (including phenoxy) is 2. The van der Waals surface area contributed by atoms with Gasteiger partial charge in [0.2, 0.25) is 5.43 Å². The molecule has 2 aromatic carbocycles. The van der Waals surface area contributed by atoms with E-state index in [0.29, 0.717) is 10.9 Å². The maximum absolute atomic E-state index is 12.5. The third kappa shape index (κ3) is 2.20. The van der Waals surface area contributed by atoms with Gasteiger partial charge < -0.3 is 14.5 Å². The second-order valence-electron chi connectivity index (χ2n) is 4.83. The number of hydrogen-bond donors (Lipinski definition) is 1. The van der Waals surface area contributed by atoms with E-state index >= 15 is 0 Å². The van der Waals surface area contributed by atoms with Crippen molar-refractivity contribution in [1.29, 1.82) is 0 Å². The average molecular weight is 297 g/mol. The van der Waals surface area contributed by atoms with Crippen molar-refractivity contribution in [2.24, 2.45) is 0 Å². The Hall–Kier alpha value is -2.82. The number of nitrogens with one attached hydrogen (secondary N) is 1. The van der Waals surface area contributed by atoms with Crippen LogP contribution in [-0.4, -0.2) is 24.7 Å². The van der Waals surface area contributed by atoms with Crippen LogP contribution < -0.4 is 10.2 Å². The molecule has 112 valence electrons. The first-order valence-corrected chi connectivity index (χ1v) is 6.95. The monoisotopic (exact) mass is 297 g/mol. The van der Waals surface area contributed by atoms with Crippen LogP contribution in [0.4, 0.5) is 0 Å². The van der Waals surface area contributed by atoms with Gasteiger partial charge in [0.25, 0.3) is 0 Å². The van der Waals surface area contributed by atoms with Crippen molar-refractivity contribution in [2.75, 3.05) is 13.7 Å². The van der Waals surface area contributed by atoms with Gasteiger partial charge >= 0.3 is 5.97 Å². The van der Waals surface area contributed by atoms with E-state index in [9.17, 15) is 9.59 Å². The Morgan fingerprint density at radius 1 is 1.18 bits per heavy atom. The van der Waals surface area contributed by atoms with Crippen LogP contribution in [0.1, 0.15) is 17.3 Å². The quantitative estimate of drug-likeness (QED) is 0.596. The number of methoxy groups -OCH3 is 1. The number of benzene rings is 2. The summed E-state index contributed by atoms with van der Waals surface area (Å²) < 4.78 is 10.1. The van der Waals surface area contributed by atoms with Crippen LogP contribution in [0.3, 0.4) is 0 Å². The molecule has 3 aromatic rings. The van der Waals surface area contributed by atoms with E-state index in [1.807, 2.05) is 24.3 Å². The SMILES string of the molecule is CCOC(=O)c1c[nH]c2c(ccc3cc(OC)ccc32)c1=O. The summed E-state index contributed by atoms with van der Waals surface area (Å²) in [6, 6.07) is 9.16. The highest BCUT2D eigenvalue weighted by atomic mass is 16.5. The minimum absolute atomic E-state index is 0.0159. The van der Waals surface area contributed by atoms with E-state index in [4.69, 9.17) is 9.47 Å². The summed E-state index contributed by atoms with van der Waals surface area (Å²) in [7, 11) is 1.61. The zero-order chi connectivity index (χ0) is 15.7. The molecule has 0 radical (unpaired) electrons. The summed E-state index contributed by atoms with van der Waals surface area (Å²) in [6.07, 6.45) is 1.41. The predicted molar refractivity (Wildman–Crippen MR) is 84.6 cm³/mol. The lowest BCUT2D eigenvalue weighted by atomic mass is 10.0. The Balaban J connectivity index is 2.26. The maximum atomic E-state index is 12.5. The molecule has 1 N–H and O–H groups in total. The number of hydrogen-bond acceptors (Lipinski definition) is 4. The largest absolute Gasteiger partial charge is 0.497 e. The molecule has 0 unspecified atom stereocenters. The van der Waals surface area contributed by atoms with E-state index in [-0.39, 0.29) is 17.6 Å². The number of fused-ring (bicyclic) bond motifs is 3. The van der Waals surface area contributed by atoms with E-state index in [1.165, 1.54) is 6.20 Å². The van der Waals surface area contributed by atoms with Crippen LogP contribution in [0, 0.1) is 0 Å². The van der Waals surface area contributed by atoms with E-state index in [0.717, 1.165) is 16.5 Å². The summed E-state index contributed by atoms with van der Waals surface area (Å²) >= 11 is 0. The molecule has 0 saturated carbocycles. The molecule has 0 aliphatic rings. The number of carbonyl (C=O) groups is 1. The van der Waals surface area contributed by atoms with Gasteiger partial charge in [-0.2, -0.15) is 0 Å². The van der Waals surface area contributed by atoms with Gasteiger partial charge in [-0.15, -0.1) is 0 Å². The lowest BCUT2D eigenvalue weighted by Crippen LogP contribution is -2.18. The number of esters is 1. The molecule has 3 rings (SSSR count). The second kappa shape index (κ2) is 5.52. The normalized spacial score (nSPS) is 10.8. The van der Waals surface area contributed by atoms with Gasteiger partial charge in [0.05, 0.1) is 19.2 Å². The zero-order valence-corrected chi connectivity index (χ0v) is 12.3. The van der Waals surface area contributed by atoms with Crippen molar-refractivity contribution in [1.82, 2.24) is 4.98 Å². The molecule has 5 heteroatoms. The van der Waals surface area contributed by atoms with Gasteiger partial charge in [-0.05, 0) is 36.6 Å². The molecule has 0 spiro atoms. The second-order valence-corrected chi connectivity index (χ2v) is 4.83. The Kier molecular flexibility index (Phi) is 3.55. The van der Waals surface area contributed by atoms with Crippen molar-refractivity contribution in [3.63, 3.8) is 0 Å². The molecule has 22 heavy (non-hydrogen) atoms. The highest BCUT2D eigenvalue weighted by Gasteiger charge is 2.15. The van der Waals surface area contributed by atoms with Crippen molar-refractivity contribution >= 4 is 27.6 Å². The molecule has 0 bridgehead atoms. The number of aromatic nitrogens is 1. The highest BCUT2D eigenvalue weighted by molar-refractivity contribution is 6.06. The molecule has 0 saturated heterocycles. The topological polar surface area (TPSA) is 68.4 Å². The first kappa shape index (κ1) is 14.1. The van der Waals surface area contributed by atoms with Gasteiger partial charge in [0.1, 0.15) is 11.3 Å². The van der Waals surface area contributed by atoms with Crippen LogP contribution >= 0.6 is 0 Å². The first-order valence-electron chi connectivity index (χ1n) is 6.95. The molecule has 1 heterocycles. The molecular weight excluding hydrogens is 282 g/mol. The van der Waals surface area contributed by atoms with Crippen molar-refractivity contribution in [3.05, 3.63) is 52.3 Å². The number of carbonyl (C=O) groups excluding carboxylic acids is 1. The van der Waals surface area contributed by atoms with Crippen LogP contribution in [0.5, 0.6) is 5.75 Å². The first-order chi connectivity index (χ1) is 10.7. The number of rotatable bonds is 3. The zero-order valence-electron chi connectivity index (χ0n) is 12.3. The van der Waals surface area contributed by atoms with Crippen molar-refractivity contribution in [2.45, 2.75) is 6.92 Å². The Morgan fingerprint density at radius 2 is 1.95 bits per heavy atom. The standard InChI is InChI=1S/C17H15NO4/c1-3-22-17(20)14-9-18-15-12-7-5-11(21-2)8-10(12)4-6-13(15)16(14)19/h4-9H,3H2,1-2H3,(H,18,19). The third-order valence-electron chi connectivity index (χ3n) is 3.57. The molecule has 0 fully saturated rings. The summed E-state index contributed by atoms with van der Waals surface area (Å²) in [6.45, 7) is 1.93. The van der Waals surface area contributed by atoms with Gasteiger partial charge in [-0.3, -0.25) is 4.79 Å². The summed E-state index contributed by atoms with van der Waals surface area (Å²) in [5, 5.41) is 2.31. The molecule has 0 atom stereocenters. The molecule has 0 aliphatic heterocycles. The number of pyridine rings is 1. The average Bonchev–Trinajstić information content (AvgIpc) is 2.54. The lowest BCUT2D eigenvalue weighted by molar-refractivity contribution is 0.0524. The van der Waals surface area contributed by atoms with Gasteiger partial charge in [0, 0.05) is 17.0 Å². The number of aromatic amines is 1. The van der Waals surface area contributed by atoms with Crippen LogP contribution in [0.25, 0.3) is 21.7 Å². The summed E-state index contributed by atoms with van der Waals surface area (Å²) in [5.41, 5.74) is 0.380. The maximum Gasteiger partial charge on any atom is 0.343 e. The van der Waals surface area contributed by atoms with Crippen LogP contribution in [0.2, 0.25) is 0 Å². The van der Waals surface area contributed by atoms with E-state index in [1.54, 1.807) is 20.1 Å². The van der Waals surface area contributed by atoms with Crippen LogP contribution in [0.15, 0.2) is 41.3 Å². The molecule has 0 amide bonds. The fourth-order valence-electron chi connectivity index (χ4n) is 2.50. The van der Waals surface area contributed by atoms with Crippen molar-refractivity contribution < 1.29 is 14.3 Å². The Morgan fingerprint density at radius 3 is 2.68 bits per heavy atom. The molecular formula is C17H15NO4. The fraction of sp³-hybridized carbons (Fsp3) is 0.176.